The third-order valence-electron chi connectivity index (χ3n) is 4.71. The molecule has 3 heterocycles. The molecule has 1 aliphatic carbocycles. The second kappa shape index (κ2) is 6.58. The van der Waals surface area contributed by atoms with E-state index in [0.29, 0.717) is 27.5 Å². The van der Waals surface area contributed by atoms with Crippen LogP contribution in [0.4, 0.5) is 0 Å². The number of thioether (sulfide) groups is 1. The zero-order valence-corrected chi connectivity index (χ0v) is 16.9. The number of aromatic amines is 1. The van der Waals surface area contributed by atoms with Gasteiger partial charge in [-0.1, -0.05) is 23.4 Å². The zero-order chi connectivity index (χ0) is 18.5. The number of aryl methyl sites for hydroxylation is 3. The van der Waals surface area contributed by atoms with E-state index in [0.717, 1.165) is 28.5 Å². The smallest absolute Gasteiger partial charge is 0.258 e. The fourth-order valence-electron chi connectivity index (χ4n) is 3.53. The van der Waals surface area contributed by atoms with Crippen molar-refractivity contribution in [2.45, 2.75) is 37.0 Å². The zero-order valence-electron chi connectivity index (χ0n) is 14.5. The van der Waals surface area contributed by atoms with Gasteiger partial charge in [-0.05, 0) is 49.9 Å². The number of hydrogen-bond donors (Lipinski definition) is 1. The van der Waals surface area contributed by atoms with Crippen molar-refractivity contribution >= 4 is 55.8 Å². The van der Waals surface area contributed by atoms with Gasteiger partial charge in [0.05, 0.1) is 16.7 Å². The lowest BCUT2D eigenvalue weighted by Gasteiger charge is -2.06. The number of benzene rings is 1. The molecule has 0 unspecified atom stereocenters. The second-order valence-corrected chi connectivity index (χ2v) is 9.06. The fourth-order valence-corrected chi connectivity index (χ4v) is 6.05. The van der Waals surface area contributed by atoms with Crippen LogP contribution in [0.25, 0.3) is 21.1 Å². The molecule has 3 aromatic heterocycles. The van der Waals surface area contributed by atoms with E-state index in [9.17, 15) is 4.79 Å². The van der Waals surface area contributed by atoms with Crippen LogP contribution in [0.5, 0.6) is 0 Å². The van der Waals surface area contributed by atoms with Gasteiger partial charge in [0.25, 0.3) is 5.56 Å². The Kier molecular flexibility index (Phi) is 4.18. The number of nitrogens with one attached hydrogen (secondary N) is 1. The monoisotopic (exact) mass is 414 g/mol. The third kappa shape index (κ3) is 3.03. The minimum absolute atomic E-state index is 0.168. The van der Waals surface area contributed by atoms with Gasteiger partial charge in [0.15, 0.2) is 0 Å². The van der Waals surface area contributed by atoms with E-state index in [4.69, 9.17) is 11.6 Å². The number of halogens is 1. The van der Waals surface area contributed by atoms with Crippen LogP contribution in [0.2, 0.25) is 5.02 Å². The van der Waals surface area contributed by atoms with Gasteiger partial charge in [-0.2, -0.15) is 0 Å². The molecule has 0 aliphatic heterocycles. The molecule has 0 radical (unpaired) electrons. The van der Waals surface area contributed by atoms with Crippen molar-refractivity contribution in [2.24, 2.45) is 0 Å². The van der Waals surface area contributed by atoms with Gasteiger partial charge in [0.1, 0.15) is 21.5 Å². The van der Waals surface area contributed by atoms with Crippen molar-refractivity contribution in [3.8, 4) is 0 Å². The predicted molar refractivity (Wildman–Crippen MR) is 111 cm³/mol. The molecule has 0 saturated heterocycles. The standard InChI is InChI=1S/C19H15ClN4OS2/c1-9-21-18(16-11-3-2-4-14(11)27-19(16)22-9)26-8-15-23-13-6-5-10(20)7-12(13)17(25)24-15/h5-7H,2-4,8H2,1H3,(H,23,24,25). The highest BCUT2D eigenvalue weighted by Gasteiger charge is 2.22. The first-order valence-corrected chi connectivity index (χ1v) is 10.9. The van der Waals surface area contributed by atoms with Gasteiger partial charge in [0.2, 0.25) is 0 Å². The van der Waals surface area contributed by atoms with E-state index >= 15 is 0 Å². The second-order valence-electron chi connectivity index (χ2n) is 6.58. The van der Waals surface area contributed by atoms with Crippen LogP contribution in [0.15, 0.2) is 28.0 Å². The molecule has 5 nitrogen and oxygen atoms in total. The first-order chi connectivity index (χ1) is 13.1. The van der Waals surface area contributed by atoms with Gasteiger partial charge in [0, 0.05) is 15.3 Å². The molecule has 0 atom stereocenters. The normalized spacial score (nSPS) is 13.6. The number of rotatable bonds is 3. The number of H-pyrrole nitrogens is 1. The van der Waals surface area contributed by atoms with E-state index in [1.807, 2.05) is 6.92 Å². The van der Waals surface area contributed by atoms with Crippen molar-refractivity contribution < 1.29 is 0 Å². The lowest BCUT2D eigenvalue weighted by Crippen LogP contribution is -2.11. The first kappa shape index (κ1) is 17.2. The van der Waals surface area contributed by atoms with E-state index in [2.05, 4.69) is 19.9 Å². The molecule has 8 heteroatoms. The average molecular weight is 415 g/mol. The summed E-state index contributed by atoms with van der Waals surface area (Å²) >= 11 is 9.38. The van der Waals surface area contributed by atoms with Gasteiger partial charge >= 0.3 is 0 Å². The maximum atomic E-state index is 12.4. The number of hydrogen-bond acceptors (Lipinski definition) is 6. The van der Waals surface area contributed by atoms with E-state index < -0.39 is 0 Å². The minimum atomic E-state index is -0.168. The Labute approximate surface area is 168 Å². The van der Waals surface area contributed by atoms with Gasteiger partial charge in [-0.3, -0.25) is 4.79 Å². The van der Waals surface area contributed by atoms with Crippen LogP contribution < -0.4 is 5.56 Å². The predicted octanol–water partition coefficient (Wildman–Crippen LogP) is 4.67. The summed E-state index contributed by atoms with van der Waals surface area (Å²) in [6, 6.07) is 5.17. The van der Waals surface area contributed by atoms with Gasteiger partial charge in [-0.25, -0.2) is 15.0 Å². The quantitative estimate of drug-likeness (QED) is 0.389. The Balaban J connectivity index is 1.52. The number of nitrogens with zero attached hydrogens (tertiary/aromatic N) is 3. The van der Waals surface area contributed by atoms with Crippen LogP contribution in [-0.4, -0.2) is 19.9 Å². The van der Waals surface area contributed by atoms with Crippen molar-refractivity contribution in [1.82, 2.24) is 19.9 Å². The van der Waals surface area contributed by atoms with Crippen LogP contribution >= 0.6 is 34.7 Å². The summed E-state index contributed by atoms with van der Waals surface area (Å²) in [5.74, 6) is 1.96. The highest BCUT2D eigenvalue weighted by atomic mass is 35.5. The Hall–Kier alpha value is -1.96. The maximum absolute atomic E-state index is 12.4. The molecule has 0 saturated carbocycles. The van der Waals surface area contributed by atoms with Crippen LogP contribution in [0, 0.1) is 6.92 Å². The summed E-state index contributed by atoms with van der Waals surface area (Å²) in [5.41, 5.74) is 1.89. The largest absolute Gasteiger partial charge is 0.309 e. The number of fused-ring (bicyclic) bond motifs is 4. The molecule has 0 spiro atoms. The summed E-state index contributed by atoms with van der Waals surface area (Å²) in [7, 11) is 0. The fraction of sp³-hybridized carbons (Fsp3) is 0.263. The first-order valence-electron chi connectivity index (χ1n) is 8.68. The molecule has 4 aromatic rings. The summed E-state index contributed by atoms with van der Waals surface area (Å²) in [6.07, 6.45) is 3.44. The average Bonchev–Trinajstić information content (AvgIpc) is 3.21. The van der Waals surface area contributed by atoms with E-state index in [1.165, 1.54) is 22.2 Å². The Morgan fingerprint density at radius 2 is 2.15 bits per heavy atom. The topological polar surface area (TPSA) is 71.5 Å². The highest BCUT2D eigenvalue weighted by molar-refractivity contribution is 7.98. The molecule has 1 aromatic carbocycles. The summed E-state index contributed by atoms with van der Waals surface area (Å²) in [6.45, 7) is 1.92. The molecule has 0 fully saturated rings. The Morgan fingerprint density at radius 3 is 3.04 bits per heavy atom. The Morgan fingerprint density at radius 1 is 1.26 bits per heavy atom. The van der Waals surface area contributed by atoms with Crippen molar-refractivity contribution in [3.05, 3.63) is 55.7 Å². The molecule has 27 heavy (non-hydrogen) atoms. The summed E-state index contributed by atoms with van der Waals surface area (Å²) in [5, 5.41) is 3.21. The molecule has 1 aliphatic rings. The molecule has 136 valence electrons. The van der Waals surface area contributed by atoms with E-state index in [-0.39, 0.29) is 5.56 Å². The number of aromatic nitrogens is 4. The van der Waals surface area contributed by atoms with Crippen molar-refractivity contribution in [3.63, 3.8) is 0 Å². The van der Waals surface area contributed by atoms with Crippen LogP contribution in [0.1, 0.15) is 28.5 Å². The SMILES string of the molecule is Cc1nc(SCc2nc3ccc(Cl)cc3c(=O)[nH]2)c2c3c(sc2n1)CCC3. The highest BCUT2D eigenvalue weighted by Crippen LogP contribution is 2.40. The molecular formula is C19H15ClN4OS2. The summed E-state index contributed by atoms with van der Waals surface area (Å²) < 4.78 is 0. The summed E-state index contributed by atoms with van der Waals surface area (Å²) in [4.78, 5) is 31.6. The molecule has 5 rings (SSSR count). The molecular weight excluding hydrogens is 400 g/mol. The van der Waals surface area contributed by atoms with Gasteiger partial charge < -0.3 is 4.98 Å². The van der Waals surface area contributed by atoms with Gasteiger partial charge in [-0.15, -0.1) is 11.3 Å². The number of thiophene rings is 1. The van der Waals surface area contributed by atoms with Crippen molar-refractivity contribution in [1.29, 1.82) is 0 Å². The van der Waals surface area contributed by atoms with Crippen LogP contribution in [0.3, 0.4) is 0 Å². The molecule has 1 N–H and O–H groups in total. The lowest BCUT2D eigenvalue weighted by atomic mass is 10.2. The maximum Gasteiger partial charge on any atom is 0.258 e. The Bertz CT molecular complexity index is 1260. The molecule has 0 bridgehead atoms. The van der Waals surface area contributed by atoms with E-state index in [1.54, 1.807) is 41.3 Å². The molecule has 0 amide bonds. The van der Waals surface area contributed by atoms with Crippen LogP contribution in [-0.2, 0) is 18.6 Å². The third-order valence-corrected chi connectivity index (χ3v) is 7.11. The minimum Gasteiger partial charge on any atom is -0.309 e. The van der Waals surface area contributed by atoms with Crippen molar-refractivity contribution in [2.75, 3.05) is 0 Å². The lowest BCUT2D eigenvalue weighted by molar-refractivity contribution is 0.914.